The molecule has 0 saturated carbocycles. The van der Waals surface area contributed by atoms with Crippen LogP contribution in [0.5, 0.6) is 0 Å². The average molecular weight is 340 g/mol. The second-order valence-corrected chi connectivity index (χ2v) is 5.53. The molecule has 0 bridgehead atoms. The largest absolute Gasteiger partial charge is 0.391 e. The number of amides is 3. The molecular formula is C15H18ClN3O4. The maximum Gasteiger partial charge on any atom is 0.262 e. The number of aliphatic hydroxyl groups is 1. The van der Waals surface area contributed by atoms with E-state index in [0.717, 1.165) is 4.90 Å². The van der Waals surface area contributed by atoms with Gasteiger partial charge in [-0.2, -0.15) is 0 Å². The fourth-order valence-electron chi connectivity index (χ4n) is 2.75. The molecule has 8 heteroatoms. The fourth-order valence-corrected chi connectivity index (χ4v) is 2.75. The number of hydrogen-bond acceptors (Lipinski definition) is 5. The van der Waals surface area contributed by atoms with E-state index in [1.807, 2.05) is 0 Å². The van der Waals surface area contributed by atoms with Gasteiger partial charge in [0.1, 0.15) is 6.54 Å². The molecule has 3 N–H and O–H groups in total. The lowest BCUT2D eigenvalue weighted by Crippen LogP contribution is -2.42. The first-order valence-corrected chi connectivity index (χ1v) is 7.18. The summed E-state index contributed by atoms with van der Waals surface area (Å²) in [6, 6.07) is 6.52. The minimum absolute atomic E-state index is 0. The van der Waals surface area contributed by atoms with Crippen molar-refractivity contribution < 1.29 is 19.5 Å². The highest BCUT2D eigenvalue weighted by molar-refractivity contribution is 6.22. The van der Waals surface area contributed by atoms with Gasteiger partial charge in [0.2, 0.25) is 5.91 Å². The highest BCUT2D eigenvalue weighted by atomic mass is 35.5. The van der Waals surface area contributed by atoms with Gasteiger partial charge in [0, 0.05) is 25.6 Å². The number of imide groups is 1. The summed E-state index contributed by atoms with van der Waals surface area (Å²) >= 11 is 0. The van der Waals surface area contributed by atoms with Crippen LogP contribution >= 0.6 is 12.4 Å². The monoisotopic (exact) mass is 339 g/mol. The summed E-state index contributed by atoms with van der Waals surface area (Å²) in [5.74, 6) is -1.35. The third-order valence-electron chi connectivity index (χ3n) is 4.05. The predicted octanol–water partition coefficient (Wildman–Crippen LogP) is -0.599. The number of halogens is 1. The number of carbonyl (C=O) groups excluding carboxylic acids is 3. The summed E-state index contributed by atoms with van der Waals surface area (Å²) < 4.78 is 0. The van der Waals surface area contributed by atoms with Crippen molar-refractivity contribution in [3.63, 3.8) is 0 Å². The van der Waals surface area contributed by atoms with Crippen molar-refractivity contribution in [3.05, 3.63) is 35.4 Å². The highest BCUT2D eigenvalue weighted by Crippen LogP contribution is 2.21. The first-order valence-electron chi connectivity index (χ1n) is 7.18. The van der Waals surface area contributed by atoms with Crippen LogP contribution in [-0.2, 0) is 4.79 Å². The zero-order chi connectivity index (χ0) is 15.7. The molecule has 0 aliphatic carbocycles. The van der Waals surface area contributed by atoms with E-state index in [2.05, 4.69) is 10.6 Å². The number of aliphatic hydroxyl groups excluding tert-OH is 1. The molecular weight excluding hydrogens is 322 g/mol. The summed E-state index contributed by atoms with van der Waals surface area (Å²) in [5, 5.41) is 15.3. The van der Waals surface area contributed by atoms with Crippen LogP contribution < -0.4 is 10.6 Å². The maximum atomic E-state index is 12.1. The molecule has 1 fully saturated rings. The normalized spacial score (nSPS) is 22.7. The molecule has 1 aromatic carbocycles. The predicted molar refractivity (Wildman–Crippen MR) is 84.4 cm³/mol. The first-order chi connectivity index (χ1) is 10.6. The van der Waals surface area contributed by atoms with Gasteiger partial charge >= 0.3 is 0 Å². The third-order valence-corrected chi connectivity index (χ3v) is 4.05. The summed E-state index contributed by atoms with van der Waals surface area (Å²) in [6.07, 6.45) is -0.486. The topological polar surface area (TPSA) is 98.7 Å². The van der Waals surface area contributed by atoms with Gasteiger partial charge < -0.3 is 15.7 Å². The number of fused-ring (bicyclic) bond motifs is 1. The molecule has 23 heavy (non-hydrogen) atoms. The number of nitrogens with one attached hydrogen (secondary N) is 2. The van der Waals surface area contributed by atoms with E-state index in [-0.39, 0.29) is 24.9 Å². The second kappa shape index (κ2) is 7.08. The Bertz CT molecular complexity index is 602. The van der Waals surface area contributed by atoms with E-state index in [4.69, 9.17) is 0 Å². The molecule has 0 aromatic heterocycles. The maximum absolute atomic E-state index is 12.1. The Kier molecular flexibility index (Phi) is 5.35. The van der Waals surface area contributed by atoms with E-state index in [1.165, 1.54) is 0 Å². The lowest BCUT2D eigenvalue weighted by atomic mass is 10.1. The van der Waals surface area contributed by atoms with Crippen molar-refractivity contribution in [2.24, 2.45) is 5.92 Å². The van der Waals surface area contributed by atoms with Crippen molar-refractivity contribution in [1.82, 2.24) is 15.5 Å². The zero-order valence-corrected chi connectivity index (χ0v) is 13.1. The quantitative estimate of drug-likeness (QED) is 0.636. The molecule has 2 atom stereocenters. The Morgan fingerprint density at radius 1 is 1.22 bits per heavy atom. The number of benzene rings is 1. The Morgan fingerprint density at radius 3 is 2.35 bits per heavy atom. The molecule has 1 saturated heterocycles. The Balaban J connectivity index is 0.00000192. The molecule has 0 radical (unpaired) electrons. The average Bonchev–Trinajstić information content (AvgIpc) is 3.03. The van der Waals surface area contributed by atoms with E-state index in [1.54, 1.807) is 24.3 Å². The van der Waals surface area contributed by atoms with Crippen molar-refractivity contribution in [2.45, 2.75) is 6.10 Å². The standard InChI is InChI=1S/C15H17N3O4.ClH/c19-12-7-16-5-9(12)6-17-13(20)8-18-14(21)10-3-1-2-4-11(10)15(18)22;/h1-4,9,12,16,19H,5-8H2,(H,17,20);1H. The summed E-state index contributed by atoms with van der Waals surface area (Å²) in [4.78, 5) is 37.2. The van der Waals surface area contributed by atoms with Crippen LogP contribution in [0.15, 0.2) is 24.3 Å². The van der Waals surface area contributed by atoms with Gasteiger partial charge in [-0.1, -0.05) is 12.1 Å². The smallest absolute Gasteiger partial charge is 0.262 e. The van der Waals surface area contributed by atoms with Crippen LogP contribution in [0, 0.1) is 5.92 Å². The van der Waals surface area contributed by atoms with Crippen LogP contribution in [0.1, 0.15) is 20.7 Å². The Morgan fingerprint density at radius 2 is 1.83 bits per heavy atom. The molecule has 124 valence electrons. The highest BCUT2D eigenvalue weighted by Gasteiger charge is 2.36. The number of β-amino-alcohol motifs (C(OH)–C–C–N with tert-alkyl or cyclic N) is 1. The SMILES string of the molecule is Cl.O=C(CN1C(=O)c2ccccc2C1=O)NCC1CNCC1O. The molecule has 2 aliphatic heterocycles. The number of hydrogen-bond donors (Lipinski definition) is 3. The van der Waals surface area contributed by atoms with Crippen LogP contribution in [0.3, 0.4) is 0 Å². The zero-order valence-electron chi connectivity index (χ0n) is 12.3. The first kappa shape index (κ1) is 17.4. The molecule has 1 aromatic rings. The summed E-state index contributed by atoms with van der Waals surface area (Å²) in [5.41, 5.74) is 0.659. The molecule has 2 aliphatic rings. The van der Waals surface area contributed by atoms with Gasteiger partial charge in [0.25, 0.3) is 11.8 Å². The minimum atomic E-state index is -0.486. The van der Waals surface area contributed by atoms with E-state index in [0.29, 0.717) is 30.8 Å². The summed E-state index contributed by atoms with van der Waals surface area (Å²) in [7, 11) is 0. The number of carbonyl (C=O) groups is 3. The van der Waals surface area contributed by atoms with Crippen LogP contribution in [-0.4, -0.2) is 60.0 Å². The van der Waals surface area contributed by atoms with Gasteiger partial charge in [0.15, 0.2) is 0 Å². The van der Waals surface area contributed by atoms with Gasteiger partial charge in [-0.3, -0.25) is 19.3 Å². The molecule has 2 unspecified atom stereocenters. The molecule has 7 nitrogen and oxygen atoms in total. The lowest BCUT2D eigenvalue weighted by molar-refractivity contribution is -0.121. The van der Waals surface area contributed by atoms with Crippen molar-refractivity contribution in [1.29, 1.82) is 0 Å². The van der Waals surface area contributed by atoms with E-state index < -0.39 is 23.8 Å². The number of rotatable bonds is 4. The molecule has 2 heterocycles. The van der Waals surface area contributed by atoms with Gasteiger partial charge in [-0.25, -0.2) is 0 Å². The van der Waals surface area contributed by atoms with Crippen LogP contribution in [0.25, 0.3) is 0 Å². The van der Waals surface area contributed by atoms with Crippen LogP contribution in [0.2, 0.25) is 0 Å². The van der Waals surface area contributed by atoms with Crippen molar-refractivity contribution >= 4 is 30.1 Å². The fraction of sp³-hybridized carbons (Fsp3) is 0.400. The van der Waals surface area contributed by atoms with E-state index in [9.17, 15) is 19.5 Å². The third kappa shape index (κ3) is 3.36. The lowest BCUT2D eigenvalue weighted by Gasteiger charge is -2.17. The Hall–Kier alpha value is -1.96. The molecule has 3 rings (SSSR count). The van der Waals surface area contributed by atoms with Gasteiger partial charge in [-0.15, -0.1) is 12.4 Å². The van der Waals surface area contributed by atoms with E-state index >= 15 is 0 Å². The van der Waals surface area contributed by atoms with Gasteiger partial charge in [0.05, 0.1) is 17.2 Å². The van der Waals surface area contributed by atoms with Crippen LogP contribution in [0.4, 0.5) is 0 Å². The summed E-state index contributed by atoms with van der Waals surface area (Å²) in [6.45, 7) is 1.16. The number of nitrogens with zero attached hydrogens (tertiary/aromatic N) is 1. The van der Waals surface area contributed by atoms with Crippen molar-refractivity contribution in [3.8, 4) is 0 Å². The second-order valence-electron chi connectivity index (χ2n) is 5.53. The minimum Gasteiger partial charge on any atom is -0.391 e. The Labute approximate surface area is 139 Å². The van der Waals surface area contributed by atoms with Gasteiger partial charge in [-0.05, 0) is 12.1 Å². The van der Waals surface area contributed by atoms with Crippen molar-refractivity contribution in [2.75, 3.05) is 26.2 Å². The molecule has 0 spiro atoms. The molecule has 3 amide bonds.